The highest BCUT2D eigenvalue weighted by Crippen LogP contribution is 1.91. The zero-order valence-electron chi connectivity index (χ0n) is 9.64. The molecule has 0 unspecified atom stereocenters. The van der Waals surface area contributed by atoms with Crippen molar-refractivity contribution in [3.05, 3.63) is 12.7 Å². The molecule has 1 N–H and O–H groups in total. The number of alkyl halides is 1. The number of carbonyl (C=O) groups excluding carboxylic acids is 1. The van der Waals surface area contributed by atoms with Crippen molar-refractivity contribution in [3.63, 3.8) is 0 Å². The van der Waals surface area contributed by atoms with E-state index in [0.717, 1.165) is 24.0 Å². The average molecular weight is 222 g/mol. The predicted octanol–water partition coefficient (Wildman–Crippen LogP) is 1.24. The summed E-state index contributed by atoms with van der Waals surface area (Å²) in [6.07, 6.45) is 3.77. The van der Waals surface area contributed by atoms with Crippen molar-refractivity contribution >= 4 is 17.5 Å². The molecule has 84 valence electrons. The van der Waals surface area contributed by atoms with Gasteiger partial charge in [-0.1, -0.05) is 6.58 Å². The maximum atomic E-state index is 10.7. The molecule has 3 nitrogen and oxygen atoms in total. The second kappa shape index (κ2) is 9.03. The van der Waals surface area contributed by atoms with E-state index in [4.69, 9.17) is 0 Å². The maximum Gasteiger partial charge on any atom is 0.243 e. The Bertz CT molecular complexity index is 164. The molecule has 0 saturated heterocycles. The summed E-state index contributed by atoms with van der Waals surface area (Å²) < 4.78 is 0.934. The second-order valence-electron chi connectivity index (χ2n) is 3.86. The first-order chi connectivity index (χ1) is 6.45. The van der Waals surface area contributed by atoms with Gasteiger partial charge in [-0.25, -0.2) is 0 Å². The van der Waals surface area contributed by atoms with Crippen LogP contribution in [-0.4, -0.2) is 51.0 Å². The van der Waals surface area contributed by atoms with Gasteiger partial charge in [-0.3, -0.25) is 4.79 Å². The summed E-state index contributed by atoms with van der Waals surface area (Å²) in [5, 5.41) is 2.74. The summed E-state index contributed by atoms with van der Waals surface area (Å²) in [4.78, 5) is 10.7. The van der Waals surface area contributed by atoms with Crippen molar-refractivity contribution in [1.29, 1.82) is 0 Å². The number of quaternary nitrogens is 1. The maximum absolute atomic E-state index is 10.7. The van der Waals surface area contributed by atoms with Crippen LogP contribution in [-0.2, 0) is 4.79 Å². The van der Waals surface area contributed by atoms with Gasteiger partial charge in [0.1, 0.15) is 0 Å². The van der Waals surface area contributed by atoms with E-state index in [9.17, 15) is 4.79 Å². The molecule has 0 spiro atoms. The fourth-order valence-corrected chi connectivity index (χ4v) is 0.837. The highest BCUT2D eigenvalue weighted by molar-refractivity contribution is 6.15. The van der Waals surface area contributed by atoms with Gasteiger partial charge >= 0.3 is 0 Å². The summed E-state index contributed by atoms with van der Waals surface area (Å²) in [6, 6.07) is 0. The molecule has 0 aromatic carbocycles. The first-order valence-electron chi connectivity index (χ1n) is 4.54. The third-order valence-electron chi connectivity index (χ3n) is 1.49. The van der Waals surface area contributed by atoms with Gasteiger partial charge in [0.05, 0.1) is 27.7 Å². The molecular formula is C10H22ClN2O+. The summed E-state index contributed by atoms with van der Waals surface area (Å²) >= 11 is 4.64. The smallest absolute Gasteiger partial charge is 0.243 e. The molecule has 1 amide bonds. The van der Waals surface area contributed by atoms with Gasteiger partial charge < -0.3 is 9.80 Å². The van der Waals surface area contributed by atoms with Gasteiger partial charge in [-0.15, -0.1) is 11.6 Å². The van der Waals surface area contributed by atoms with E-state index < -0.39 is 0 Å². The molecule has 0 rings (SSSR count). The van der Waals surface area contributed by atoms with Crippen LogP contribution in [0.25, 0.3) is 0 Å². The van der Waals surface area contributed by atoms with E-state index in [1.54, 1.807) is 0 Å². The van der Waals surface area contributed by atoms with Crippen LogP contribution >= 0.6 is 11.6 Å². The van der Waals surface area contributed by atoms with Crippen molar-refractivity contribution < 1.29 is 9.28 Å². The molecular weight excluding hydrogens is 200 g/mol. The average Bonchev–Trinajstić information content (AvgIpc) is 2.14. The number of nitrogens with zero attached hydrogens (tertiary/aromatic N) is 1. The molecule has 0 saturated carbocycles. The van der Waals surface area contributed by atoms with Gasteiger partial charge in [0, 0.05) is 19.3 Å². The van der Waals surface area contributed by atoms with Gasteiger partial charge in [0.2, 0.25) is 5.91 Å². The lowest BCUT2D eigenvalue weighted by Crippen LogP contribution is -2.37. The first kappa shape index (κ1) is 15.9. The number of amides is 1. The summed E-state index contributed by atoms with van der Waals surface area (Å²) in [6.45, 7) is 5.18. The molecule has 0 aliphatic heterocycles. The molecule has 0 aromatic heterocycles. The molecule has 0 radical (unpaired) electrons. The fraction of sp³-hybridized carbons (Fsp3) is 0.700. The van der Waals surface area contributed by atoms with Crippen LogP contribution in [0.1, 0.15) is 6.42 Å². The quantitative estimate of drug-likeness (QED) is 0.322. The Hall–Kier alpha value is -0.540. The van der Waals surface area contributed by atoms with E-state index in [1.165, 1.54) is 12.5 Å². The van der Waals surface area contributed by atoms with E-state index in [1.807, 2.05) is 0 Å². The third kappa shape index (κ3) is 14.0. The molecule has 4 heteroatoms. The van der Waals surface area contributed by atoms with Crippen molar-refractivity contribution in [2.24, 2.45) is 0 Å². The number of hydrogen-bond acceptors (Lipinski definition) is 1. The van der Waals surface area contributed by atoms with Crippen molar-refractivity contribution in [1.82, 2.24) is 5.32 Å². The zero-order chi connectivity index (χ0) is 11.6. The number of hydrogen-bond donors (Lipinski definition) is 1. The lowest BCUT2D eigenvalue weighted by Gasteiger charge is -2.23. The lowest BCUT2D eigenvalue weighted by molar-refractivity contribution is -0.870. The molecule has 0 heterocycles. The predicted molar refractivity (Wildman–Crippen MR) is 62.5 cm³/mol. The molecule has 0 aliphatic carbocycles. The molecule has 0 aromatic rings. The highest BCUT2D eigenvalue weighted by atomic mass is 35.5. The monoisotopic (exact) mass is 221 g/mol. The van der Waals surface area contributed by atoms with Gasteiger partial charge in [-0.05, 0) is 6.08 Å². The Morgan fingerprint density at radius 2 is 1.93 bits per heavy atom. The van der Waals surface area contributed by atoms with Crippen LogP contribution in [0, 0.1) is 0 Å². The minimum Gasteiger partial charge on any atom is -0.352 e. The zero-order valence-corrected chi connectivity index (χ0v) is 10.4. The van der Waals surface area contributed by atoms with Crippen LogP contribution in [0.3, 0.4) is 0 Å². The highest BCUT2D eigenvalue weighted by Gasteiger charge is 2.05. The van der Waals surface area contributed by atoms with Crippen LogP contribution in [0.15, 0.2) is 12.7 Å². The number of halogens is 1. The third-order valence-corrected chi connectivity index (χ3v) is 1.49. The topological polar surface area (TPSA) is 29.1 Å². The molecule has 0 aliphatic rings. The normalized spacial score (nSPS) is 9.79. The molecule has 0 bridgehead atoms. The number of rotatable bonds is 5. The minimum atomic E-state index is -0.0867. The molecule has 0 fully saturated rings. The van der Waals surface area contributed by atoms with Crippen LogP contribution < -0.4 is 5.32 Å². The SMILES string of the molecule is C=CC(=O)NCCC[N+](C)(C)C.CCl. The fourth-order valence-electron chi connectivity index (χ4n) is 0.837. The van der Waals surface area contributed by atoms with Crippen LogP contribution in [0.2, 0.25) is 0 Å². The van der Waals surface area contributed by atoms with Gasteiger partial charge in [0.25, 0.3) is 0 Å². The first-order valence-corrected chi connectivity index (χ1v) is 5.30. The van der Waals surface area contributed by atoms with Gasteiger partial charge in [0.15, 0.2) is 0 Å². The Morgan fingerprint density at radius 1 is 1.43 bits per heavy atom. The Balaban J connectivity index is 0. The minimum absolute atomic E-state index is 0.0867. The largest absolute Gasteiger partial charge is 0.352 e. The van der Waals surface area contributed by atoms with Crippen molar-refractivity contribution in [2.45, 2.75) is 6.42 Å². The van der Waals surface area contributed by atoms with Crippen molar-refractivity contribution in [3.8, 4) is 0 Å². The Kier molecular flexibility index (Phi) is 10.3. The summed E-state index contributed by atoms with van der Waals surface area (Å²) in [5.74, 6) is -0.0867. The molecule has 14 heavy (non-hydrogen) atoms. The van der Waals surface area contributed by atoms with Crippen LogP contribution in [0.5, 0.6) is 0 Å². The van der Waals surface area contributed by atoms with E-state index in [-0.39, 0.29) is 5.91 Å². The Labute approximate surface area is 92.3 Å². The van der Waals surface area contributed by atoms with E-state index in [2.05, 4.69) is 44.6 Å². The van der Waals surface area contributed by atoms with Crippen molar-refractivity contribution in [2.75, 3.05) is 40.6 Å². The number of nitrogens with one attached hydrogen (secondary N) is 1. The van der Waals surface area contributed by atoms with E-state index >= 15 is 0 Å². The standard InChI is InChI=1S/C9H18N2O.CH3Cl/c1-5-9(12)10-7-6-8-11(2,3)4;1-2/h5H,1,6-8H2,2-4H3;1H3/p+1. The number of carbonyl (C=O) groups is 1. The summed E-state index contributed by atoms with van der Waals surface area (Å²) in [7, 11) is 6.40. The second-order valence-corrected chi connectivity index (χ2v) is 3.86. The molecule has 0 atom stereocenters. The Morgan fingerprint density at radius 3 is 2.29 bits per heavy atom. The van der Waals surface area contributed by atoms with Gasteiger partial charge in [-0.2, -0.15) is 0 Å². The van der Waals surface area contributed by atoms with E-state index in [0.29, 0.717) is 0 Å². The lowest BCUT2D eigenvalue weighted by atomic mass is 10.3. The summed E-state index contributed by atoms with van der Waals surface area (Å²) in [5.41, 5.74) is 0. The van der Waals surface area contributed by atoms with Crippen LogP contribution in [0.4, 0.5) is 0 Å².